The van der Waals surface area contributed by atoms with Gasteiger partial charge in [-0.2, -0.15) is 4.68 Å². The smallest absolute Gasteiger partial charge is 0.253 e. The van der Waals surface area contributed by atoms with Gasteiger partial charge in [-0.3, -0.25) is 9.59 Å². The zero-order chi connectivity index (χ0) is 23.9. The maximum atomic E-state index is 12.9. The molecule has 1 atom stereocenters. The van der Waals surface area contributed by atoms with Crippen molar-refractivity contribution in [1.29, 1.82) is 0 Å². The molecular weight excluding hydrogens is 452 g/mol. The molecule has 2 amide bonds. The summed E-state index contributed by atoms with van der Waals surface area (Å²) in [6.45, 7) is 1.91. The summed E-state index contributed by atoms with van der Waals surface area (Å²) in [5, 5.41) is 27.2. The zero-order valence-corrected chi connectivity index (χ0v) is 19.1. The number of aromatic nitrogens is 4. The van der Waals surface area contributed by atoms with Crippen LogP contribution in [0.2, 0.25) is 0 Å². The maximum Gasteiger partial charge on any atom is 0.253 e. The molecule has 9 nitrogen and oxygen atoms in total. The van der Waals surface area contributed by atoms with Gasteiger partial charge in [0.1, 0.15) is 5.75 Å². The number of benzene rings is 3. The van der Waals surface area contributed by atoms with Crippen LogP contribution in [0.15, 0.2) is 84.0 Å². The highest BCUT2D eigenvalue weighted by Gasteiger charge is 2.17. The second kappa shape index (κ2) is 10.6. The van der Waals surface area contributed by atoms with Gasteiger partial charge in [0.15, 0.2) is 0 Å². The summed E-state index contributed by atoms with van der Waals surface area (Å²) in [5.74, 6) is -0.418. The largest absolute Gasteiger partial charge is 0.508 e. The molecule has 0 unspecified atom stereocenters. The minimum absolute atomic E-state index is 0.0365. The minimum atomic E-state index is -0.304. The molecule has 4 aromatic rings. The number of phenolic OH excluding ortho intramolecular Hbond substituents is 1. The van der Waals surface area contributed by atoms with Crippen LogP contribution in [-0.2, 0) is 4.79 Å². The van der Waals surface area contributed by atoms with Crippen molar-refractivity contribution >= 4 is 29.3 Å². The Hall–Kier alpha value is -4.18. The van der Waals surface area contributed by atoms with Crippen LogP contribution in [0.5, 0.6) is 5.75 Å². The van der Waals surface area contributed by atoms with Gasteiger partial charge in [-0.1, -0.05) is 54.2 Å². The molecule has 0 radical (unpaired) electrons. The molecule has 3 N–H and O–H groups in total. The highest BCUT2D eigenvalue weighted by atomic mass is 32.2. The first-order chi connectivity index (χ1) is 16.5. The van der Waals surface area contributed by atoms with Crippen LogP contribution < -0.4 is 10.6 Å². The molecule has 10 heteroatoms. The number of aromatic hydroxyl groups is 1. The standard InChI is InChI=1S/C24H22N6O3S/c1-16(17-7-3-2-4-8-17)25-23(33)20-9-5-6-10-21(20)26-22(32)15-34-24-27-28-29-30(24)18-11-13-19(31)14-12-18/h2-14,16,31H,15H2,1H3,(H,25,33)(H,26,32)/t16-/m1/s1. The van der Waals surface area contributed by atoms with Gasteiger partial charge in [0.05, 0.1) is 28.7 Å². The quantitative estimate of drug-likeness (QED) is 0.334. The van der Waals surface area contributed by atoms with Crippen molar-refractivity contribution in [3.05, 3.63) is 90.0 Å². The number of carbonyl (C=O) groups excluding carboxylic acids is 2. The van der Waals surface area contributed by atoms with E-state index >= 15 is 0 Å². The van der Waals surface area contributed by atoms with Crippen LogP contribution in [0.1, 0.15) is 28.9 Å². The highest BCUT2D eigenvalue weighted by Crippen LogP contribution is 2.22. The summed E-state index contributed by atoms with van der Waals surface area (Å²) in [5.41, 5.74) is 2.43. The van der Waals surface area contributed by atoms with Crippen molar-refractivity contribution < 1.29 is 14.7 Å². The van der Waals surface area contributed by atoms with Crippen molar-refractivity contribution in [2.24, 2.45) is 0 Å². The first-order valence-electron chi connectivity index (χ1n) is 10.5. The summed E-state index contributed by atoms with van der Waals surface area (Å²) in [6, 6.07) is 22.7. The third-order valence-electron chi connectivity index (χ3n) is 4.96. The van der Waals surface area contributed by atoms with Gasteiger partial charge in [-0.25, -0.2) is 0 Å². The monoisotopic (exact) mass is 474 g/mol. The molecule has 0 aliphatic rings. The van der Waals surface area contributed by atoms with Gasteiger partial charge < -0.3 is 15.7 Å². The molecule has 172 valence electrons. The van der Waals surface area contributed by atoms with E-state index in [4.69, 9.17) is 0 Å². The molecule has 3 aromatic carbocycles. The molecule has 4 rings (SSSR count). The molecular formula is C24H22N6O3S. The van der Waals surface area contributed by atoms with E-state index < -0.39 is 0 Å². The lowest BCUT2D eigenvalue weighted by atomic mass is 10.1. The number of hydrogen-bond donors (Lipinski definition) is 3. The molecule has 0 saturated carbocycles. The highest BCUT2D eigenvalue weighted by molar-refractivity contribution is 7.99. The Morgan fingerprint density at radius 1 is 1.00 bits per heavy atom. The van der Waals surface area contributed by atoms with Crippen molar-refractivity contribution in [2.75, 3.05) is 11.1 Å². The lowest BCUT2D eigenvalue weighted by Gasteiger charge is -2.16. The van der Waals surface area contributed by atoms with E-state index in [9.17, 15) is 14.7 Å². The topological polar surface area (TPSA) is 122 Å². The molecule has 0 aliphatic carbocycles. The van der Waals surface area contributed by atoms with E-state index in [1.807, 2.05) is 37.3 Å². The number of rotatable bonds is 8. The average molecular weight is 475 g/mol. The molecule has 1 aromatic heterocycles. The van der Waals surface area contributed by atoms with Crippen LogP contribution >= 0.6 is 11.8 Å². The second-order valence-electron chi connectivity index (χ2n) is 7.38. The number of amides is 2. The number of para-hydroxylation sites is 1. The first kappa shape index (κ1) is 23.0. The first-order valence-corrected chi connectivity index (χ1v) is 11.4. The predicted molar refractivity (Wildman–Crippen MR) is 129 cm³/mol. The number of carbonyl (C=O) groups is 2. The normalized spacial score (nSPS) is 11.6. The van der Waals surface area contributed by atoms with E-state index in [0.717, 1.165) is 17.3 Å². The summed E-state index contributed by atoms with van der Waals surface area (Å²) in [4.78, 5) is 25.5. The Morgan fingerprint density at radius 3 is 2.47 bits per heavy atom. The molecule has 0 saturated heterocycles. The number of nitrogens with zero attached hydrogens (tertiary/aromatic N) is 4. The number of thioether (sulfide) groups is 1. The van der Waals surface area contributed by atoms with Crippen LogP contribution in [0.25, 0.3) is 5.69 Å². The SMILES string of the molecule is C[C@@H](NC(=O)c1ccccc1NC(=O)CSc1nnnn1-c1ccc(O)cc1)c1ccccc1. The Morgan fingerprint density at radius 2 is 1.71 bits per heavy atom. The summed E-state index contributed by atoms with van der Waals surface area (Å²) < 4.78 is 1.48. The number of anilines is 1. The molecule has 0 aliphatic heterocycles. The number of hydrogen-bond acceptors (Lipinski definition) is 7. The third kappa shape index (κ3) is 5.59. The lowest BCUT2D eigenvalue weighted by Crippen LogP contribution is -2.28. The molecule has 0 fully saturated rings. The molecule has 0 spiro atoms. The van der Waals surface area contributed by atoms with Gasteiger partial charge >= 0.3 is 0 Å². The second-order valence-corrected chi connectivity index (χ2v) is 8.32. The maximum absolute atomic E-state index is 12.9. The number of nitrogens with one attached hydrogen (secondary N) is 2. The number of phenols is 1. The van der Waals surface area contributed by atoms with Gasteiger partial charge in [0.2, 0.25) is 11.1 Å². The van der Waals surface area contributed by atoms with Crippen molar-refractivity contribution in [3.8, 4) is 11.4 Å². The summed E-state index contributed by atoms with van der Waals surface area (Å²) in [6.07, 6.45) is 0. The Bertz CT molecular complexity index is 1280. The molecule has 34 heavy (non-hydrogen) atoms. The average Bonchev–Trinajstić information content (AvgIpc) is 3.32. The van der Waals surface area contributed by atoms with Crippen molar-refractivity contribution in [1.82, 2.24) is 25.5 Å². The van der Waals surface area contributed by atoms with E-state index in [1.165, 1.54) is 16.8 Å². The van der Waals surface area contributed by atoms with Crippen LogP contribution in [0.4, 0.5) is 5.69 Å². The number of tetrazole rings is 1. The Labute approximate surface area is 200 Å². The Balaban J connectivity index is 1.39. The van der Waals surface area contributed by atoms with Crippen LogP contribution in [0, 0.1) is 0 Å². The minimum Gasteiger partial charge on any atom is -0.508 e. The van der Waals surface area contributed by atoms with Crippen LogP contribution in [-0.4, -0.2) is 42.9 Å². The van der Waals surface area contributed by atoms with Crippen LogP contribution in [0.3, 0.4) is 0 Å². The van der Waals surface area contributed by atoms with E-state index in [-0.39, 0.29) is 29.4 Å². The fourth-order valence-corrected chi connectivity index (χ4v) is 3.92. The summed E-state index contributed by atoms with van der Waals surface area (Å²) in [7, 11) is 0. The molecule has 0 bridgehead atoms. The molecule has 1 heterocycles. The zero-order valence-electron chi connectivity index (χ0n) is 18.3. The van der Waals surface area contributed by atoms with E-state index in [0.29, 0.717) is 22.1 Å². The van der Waals surface area contributed by atoms with Gasteiger partial charge in [-0.15, -0.1) is 5.10 Å². The predicted octanol–water partition coefficient (Wildman–Crippen LogP) is 3.59. The fourth-order valence-electron chi connectivity index (χ4n) is 3.23. The third-order valence-corrected chi connectivity index (χ3v) is 5.88. The van der Waals surface area contributed by atoms with Gasteiger partial charge in [0, 0.05) is 0 Å². The van der Waals surface area contributed by atoms with E-state index in [1.54, 1.807) is 36.4 Å². The Kier molecular flexibility index (Phi) is 7.19. The van der Waals surface area contributed by atoms with Gasteiger partial charge in [0.25, 0.3) is 5.91 Å². The summed E-state index contributed by atoms with van der Waals surface area (Å²) >= 11 is 1.15. The van der Waals surface area contributed by atoms with E-state index in [2.05, 4.69) is 26.2 Å². The van der Waals surface area contributed by atoms with Gasteiger partial charge in [-0.05, 0) is 59.3 Å². The van der Waals surface area contributed by atoms with Crippen molar-refractivity contribution in [2.45, 2.75) is 18.1 Å². The lowest BCUT2D eigenvalue weighted by molar-refractivity contribution is -0.113. The fraction of sp³-hybridized carbons (Fsp3) is 0.125. The van der Waals surface area contributed by atoms with Crippen molar-refractivity contribution in [3.63, 3.8) is 0 Å².